The Balaban J connectivity index is 2.55. The van der Waals surface area contributed by atoms with Crippen LogP contribution in [0.5, 0.6) is 0 Å². The van der Waals surface area contributed by atoms with Crippen molar-refractivity contribution in [2.75, 3.05) is 18.8 Å². The topological polar surface area (TPSA) is 127 Å². The van der Waals surface area contributed by atoms with E-state index in [4.69, 9.17) is 5.73 Å². The Morgan fingerprint density at radius 1 is 1.39 bits per heavy atom. The highest BCUT2D eigenvalue weighted by atomic mass is 32.2. The predicted octanol–water partition coefficient (Wildman–Crippen LogP) is -1.14. The highest BCUT2D eigenvalue weighted by Gasteiger charge is 2.14. The van der Waals surface area contributed by atoms with Crippen LogP contribution in [0.4, 0.5) is 5.95 Å². The molecule has 0 atom stereocenters. The maximum Gasteiger partial charge on any atom is 0.243 e. The third-order valence-corrected chi connectivity index (χ3v) is 3.39. The highest BCUT2D eigenvalue weighted by Crippen LogP contribution is 2.05. The largest absolute Gasteiger partial charge is 0.368 e. The Bertz CT molecular complexity index is 499. The van der Waals surface area contributed by atoms with E-state index < -0.39 is 10.0 Å². The van der Waals surface area contributed by atoms with Crippen LogP contribution >= 0.6 is 0 Å². The molecule has 1 rings (SSSR count). The number of aromatic nitrogens is 2. The minimum Gasteiger partial charge on any atom is -0.368 e. The molecule has 0 spiro atoms. The number of carbonyl (C=O) groups excluding carboxylic acids is 1. The van der Waals surface area contributed by atoms with Crippen molar-refractivity contribution in [3.8, 4) is 0 Å². The molecule has 9 heteroatoms. The zero-order chi connectivity index (χ0) is 13.6. The highest BCUT2D eigenvalue weighted by molar-refractivity contribution is 7.89. The zero-order valence-corrected chi connectivity index (χ0v) is 10.7. The third-order valence-electron chi connectivity index (χ3n) is 1.98. The first kappa shape index (κ1) is 14.3. The van der Waals surface area contributed by atoms with Crippen LogP contribution in [0.1, 0.15) is 13.3 Å². The van der Waals surface area contributed by atoms with Gasteiger partial charge in [-0.3, -0.25) is 4.79 Å². The molecule has 1 aromatic rings. The lowest BCUT2D eigenvalue weighted by atomic mass is 10.4. The van der Waals surface area contributed by atoms with Gasteiger partial charge < -0.3 is 11.1 Å². The molecule has 0 fully saturated rings. The van der Waals surface area contributed by atoms with E-state index in [0.717, 1.165) is 12.4 Å². The second-order valence-electron chi connectivity index (χ2n) is 3.38. The number of carbonyl (C=O) groups is 1. The van der Waals surface area contributed by atoms with Crippen molar-refractivity contribution in [2.45, 2.75) is 18.2 Å². The summed E-state index contributed by atoms with van der Waals surface area (Å²) in [6, 6.07) is 0. The number of rotatable bonds is 6. The van der Waals surface area contributed by atoms with Crippen LogP contribution in [0.3, 0.4) is 0 Å². The number of sulfonamides is 1. The fourth-order valence-corrected chi connectivity index (χ4v) is 2.05. The first-order valence-electron chi connectivity index (χ1n) is 5.29. The van der Waals surface area contributed by atoms with Crippen molar-refractivity contribution in [1.82, 2.24) is 20.0 Å². The van der Waals surface area contributed by atoms with E-state index >= 15 is 0 Å². The molecule has 8 nitrogen and oxygen atoms in total. The van der Waals surface area contributed by atoms with Gasteiger partial charge in [-0.2, -0.15) is 0 Å². The Labute approximate surface area is 105 Å². The number of nitrogens with two attached hydrogens (primary N) is 1. The summed E-state index contributed by atoms with van der Waals surface area (Å²) in [6.45, 7) is 2.31. The smallest absolute Gasteiger partial charge is 0.243 e. The summed E-state index contributed by atoms with van der Waals surface area (Å²) in [4.78, 5) is 18.2. The van der Waals surface area contributed by atoms with Crippen molar-refractivity contribution in [2.24, 2.45) is 0 Å². The molecule has 0 saturated carbocycles. The van der Waals surface area contributed by atoms with Gasteiger partial charge in [0.1, 0.15) is 4.90 Å². The monoisotopic (exact) mass is 273 g/mol. The molecule has 1 amide bonds. The van der Waals surface area contributed by atoms with Gasteiger partial charge in [-0.25, -0.2) is 23.1 Å². The summed E-state index contributed by atoms with van der Waals surface area (Å²) in [5.74, 6) is -0.218. The van der Waals surface area contributed by atoms with Gasteiger partial charge in [-0.05, 0) is 6.92 Å². The Morgan fingerprint density at radius 2 is 2.00 bits per heavy atom. The Hall–Kier alpha value is -1.74. The zero-order valence-electron chi connectivity index (χ0n) is 9.88. The molecular weight excluding hydrogens is 258 g/mol. The minimum absolute atomic E-state index is 0.00345. The molecule has 0 aliphatic rings. The first-order valence-corrected chi connectivity index (χ1v) is 6.78. The van der Waals surface area contributed by atoms with E-state index in [9.17, 15) is 13.2 Å². The second-order valence-corrected chi connectivity index (χ2v) is 5.15. The molecule has 4 N–H and O–H groups in total. The molecule has 100 valence electrons. The predicted molar refractivity (Wildman–Crippen MR) is 64.9 cm³/mol. The van der Waals surface area contributed by atoms with E-state index in [1.165, 1.54) is 0 Å². The van der Waals surface area contributed by atoms with Gasteiger partial charge in [-0.1, -0.05) is 0 Å². The maximum atomic E-state index is 11.7. The molecular formula is C9H15N5O3S. The fraction of sp³-hybridized carbons (Fsp3) is 0.444. The minimum atomic E-state index is -3.70. The number of nitrogens with one attached hydrogen (secondary N) is 2. The second kappa shape index (κ2) is 6.26. The molecule has 0 bridgehead atoms. The quantitative estimate of drug-likeness (QED) is 0.601. The van der Waals surface area contributed by atoms with E-state index in [1.807, 2.05) is 0 Å². The van der Waals surface area contributed by atoms with Crippen LogP contribution in [0.15, 0.2) is 17.3 Å². The first-order chi connectivity index (χ1) is 8.45. The van der Waals surface area contributed by atoms with Crippen molar-refractivity contribution in [1.29, 1.82) is 0 Å². The molecule has 0 radical (unpaired) electrons. The molecule has 1 aromatic heterocycles. The number of hydrogen-bond acceptors (Lipinski definition) is 6. The van der Waals surface area contributed by atoms with Crippen LogP contribution < -0.4 is 15.8 Å². The van der Waals surface area contributed by atoms with Gasteiger partial charge in [0.2, 0.25) is 21.9 Å². The average molecular weight is 273 g/mol. The summed E-state index contributed by atoms with van der Waals surface area (Å²) >= 11 is 0. The molecule has 0 unspecified atom stereocenters. The molecule has 18 heavy (non-hydrogen) atoms. The lowest BCUT2D eigenvalue weighted by molar-refractivity contribution is -0.120. The summed E-state index contributed by atoms with van der Waals surface area (Å²) in [6.07, 6.45) is 2.29. The number of hydrogen-bond donors (Lipinski definition) is 3. The van der Waals surface area contributed by atoms with Gasteiger partial charge >= 0.3 is 0 Å². The number of nitrogens with zero attached hydrogens (tertiary/aromatic N) is 2. The number of amides is 1. The lowest BCUT2D eigenvalue weighted by Gasteiger charge is -2.06. The summed E-state index contributed by atoms with van der Waals surface area (Å²) < 4.78 is 25.7. The summed E-state index contributed by atoms with van der Waals surface area (Å²) in [7, 11) is -3.70. The third kappa shape index (κ3) is 4.26. The molecule has 1 heterocycles. The molecule has 0 aliphatic carbocycles. The number of nitrogen functional groups attached to an aromatic ring is 1. The molecule has 0 aliphatic heterocycles. The summed E-state index contributed by atoms with van der Waals surface area (Å²) in [5.41, 5.74) is 5.25. The van der Waals surface area contributed by atoms with Gasteiger partial charge in [0.15, 0.2) is 0 Å². The van der Waals surface area contributed by atoms with Gasteiger partial charge in [0.25, 0.3) is 0 Å². The van der Waals surface area contributed by atoms with Gasteiger partial charge in [-0.15, -0.1) is 0 Å². The van der Waals surface area contributed by atoms with Gasteiger partial charge in [0, 0.05) is 19.5 Å². The SMILES string of the molecule is CCNC(=O)CCNS(=O)(=O)c1cnc(N)nc1. The van der Waals surface area contributed by atoms with Crippen LogP contribution in [0.25, 0.3) is 0 Å². The lowest BCUT2D eigenvalue weighted by Crippen LogP contribution is -2.30. The van der Waals surface area contributed by atoms with E-state index in [-0.39, 0.29) is 29.7 Å². The Kier molecular flexibility index (Phi) is 4.98. The van der Waals surface area contributed by atoms with E-state index in [0.29, 0.717) is 6.54 Å². The Morgan fingerprint density at radius 3 is 2.56 bits per heavy atom. The van der Waals surface area contributed by atoms with E-state index in [1.54, 1.807) is 6.92 Å². The van der Waals surface area contributed by atoms with Crippen molar-refractivity contribution in [3.05, 3.63) is 12.4 Å². The average Bonchev–Trinajstić information content (AvgIpc) is 2.29. The van der Waals surface area contributed by atoms with Crippen LogP contribution in [-0.2, 0) is 14.8 Å². The molecule has 0 aromatic carbocycles. The molecule has 0 saturated heterocycles. The van der Waals surface area contributed by atoms with Crippen molar-refractivity contribution in [3.63, 3.8) is 0 Å². The van der Waals surface area contributed by atoms with Crippen molar-refractivity contribution < 1.29 is 13.2 Å². The fourth-order valence-electron chi connectivity index (χ4n) is 1.13. The van der Waals surface area contributed by atoms with Gasteiger partial charge in [0.05, 0.1) is 12.4 Å². The standard InChI is InChI=1S/C9H15N5O3S/c1-2-11-8(15)3-4-14-18(16,17)7-5-12-9(10)13-6-7/h5-6,14H,2-4H2,1H3,(H,11,15)(H2,10,12,13). The van der Waals surface area contributed by atoms with Crippen molar-refractivity contribution >= 4 is 21.9 Å². The number of anilines is 1. The normalized spacial score (nSPS) is 11.2. The van der Waals surface area contributed by atoms with E-state index in [2.05, 4.69) is 20.0 Å². The van der Waals surface area contributed by atoms with Crippen LogP contribution in [-0.4, -0.2) is 37.4 Å². The maximum absolute atomic E-state index is 11.7. The van der Waals surface area contributed by atoms with Crippen LogP contribution in [0.2, 0.25) is 0 Å². The summed E-state index contributed by atoms with van der Waals surface area (Å²) in [5, 5.41) is 2.56. The van der Waals surface area contributed by atoms with Crippen LogP contribution in [0, 0.1) is 0 Å².